The van der Waals surface area contributed by atoms with E-state index in [4.69, 9.17) is 14.2 Å². The third kappa shape index (κ3) is 4.66. The Kier molecular flexibility index (Phi) is 6.83. The largest absolute Gasteiger partial charge is 0.493 e. The van der Waals surface area contributed by atoms with E-state index in [1.54, 1.807) is 19.1 Å². The Hall–Kier alpha value is -3.22. The molecule has 1 atom stereocenters. The van der Waals surface area contributed by atoms with Gasteiger partial charge in [0.15, 0.2) is 11.5 Å². The fraction of sp³-hybridized carbons (Fsp3) is 0.440. The molecule has 4 rings (SSSR count). The van der Waals surface area contributed by atoms with Crippen LogP contribution in [-0.2, 0) is 11.2 Å². The number of carbonyl (C=O) groups excluding carboxylic acids is 2. The summed E-state index contributed by atoms with van der Waals surface area (Å²) in [6.45, 7) is 1.71. The number of benzene rings is 2. The molecule has 0 spiro atoms. The van der Waals surface area contributed by atoms with Crippen molar-refractivity contribution in [1.29, 1.82) is 0 Å². The summed E-state index contributed by atoms with van der Waals surface area (Å²) >= 11 is 0. The van der Waals surface area contributed by atoms with E-state index in [1.165, 1.54) is 5.56 Å². The van der Waals surface area contributed by atoms with Crippen molar-refractivity contribution in [2.45, 2.75) is 38.1 Å². The number of anilines is 1. The number of piperidine rings is 1. The van der Waals surface area contributed by atoms with Gasteiger partial charge >= 0.3 is 6.09 Å². The molecule has 2 saturated heterocycles. The Morgan fingerprint density at radius 3 is 2.50 bits per heavy atom. The number of nitrogens with zero attached hydrogens (tertiary/aromatic N) is 2. The van der Waals surface area contributed by atoms with Gasteiger partial charge in [-0.05, 0) is 74.1 Å². The van der Waals surface area contributed by atoms with Crippen LogP contribution in [-0.4, -0.2) is 56.9 Å². The normalized spacial score (nSPS) is 18.4. The lowest BCUT2D eigenvalue weighted by Gasteiger charge is -2.36. The second-order valence-electron chi connectivity index (χ2n) is 8.19. The second kappa shape index (κ2) is 9.94. The van der Waals surface area contributed by atoms with E-state index < -0.39 is 0 Å². The summed E-state index contributed by atoms with van der Waals surface area (Å²) in [5, 5.41) is 0. The molecule has 170 valence electrons. The molecule has 2 aromatic rings. The van der Waals surface area contributed by atoms with Crippen LogP contribution in [0.1, 0.15) is 41.6 Å². The van der Waals surface area contributed by atoms with Crippen molar-refractivity contribution in [3.05, 3.63) is 53.6 Å². The predicted octanol–water partition coefficient (Wildman–Crippen LogP) is 4.29. The van der Waals surface area contributed by atoms with E-state index >= 15 is 0 Å². The lowest BCUT2D eigenvalue weighted by Crippen LogP contribution is -2.44. The van der Waals surface area contributed by atoms with Crippen molar-refractivity contribution in [1.82, 2.24) is 4.90 Å². The van der Waals surface area contributed by atoms with Gasteiger partial charge in [-0.3, -0.25) is 9.69 Å². The van der Waals surface area contributed by atoms with Gasteiger partial charge in [-0.15, -0.1) is 0 Å². The number of rotatable bonds is 7. The third-order valence-corrected chi connectivity index (χ3v) is 6.29. The first-order chi connectivity index (χ1) is 15.6. The van der Waals surface area contributed by atoms with Gasteiger partial charge in [0.1, 0.15) is 6.61 Å². The van der Waals surface area contributed by atoms with E-state index in [0.717, 1.165) is 55.8 Å². The number of carbonyl (C=O) groups is 2. The number of cyclic esters (lactones) is 1. The molecule has 0 aliphatic carbocycles. The highest BCUT2D eigenvalue weighted by Crippen LogP contribution is 2.30. The van der Waals surface area contributed by atoms with Crippen LogP contribution in [0.4, 0.5) is 10.5 Å². The summed E-state index contributed by atoms with van der Waals surface area (Å²) < 4.78 is 15.7. The maximum atomic E-state index is 13.3. The molecule has 2 aliphatic heterocycles. The molecule has 2 heterocycles. The Morgan fingerprint density at radius 1 is 1.03 bits per heavy atom. The zero-order chi connectivity index (χ0) is 22.5. The zero-order valence-electron chi connectivity index (χ0n) is 18.7. The van der Waals surface area contributed by atoms with Crippen molar-refractivity contribution in [3.8, 4) is 11.5 Å². The van der Waals surface area contributed by atoms with Gasteiger partial charge in [0.2, 0.25) is 0 Å². The molecule has 0 saturated carbocycles. The highest BCUT2D eigenvalue weighted by molar-refractivity contribution is 5.96. The van der Waals surface area contributed by atoms with Crippen LogP contribution in [0, 0.1) is 0 Å². The molecule has 32 heavy (non-hydrogen) atoms. The monoisotopic (exact) mass is 438 g/mol. The average molecular weight is 439 g/mol. The number of hydrogen-bond acceptors (Lipinski definition) is 5. The summed E-state index contributed by atoms with van der Waals surface area (Å²) in [6.07, 6.45) is 4.60. The van der Waals surface area contributed by atoms with Gasteiger partial charge < -0.3 is 19.1 Å². The minimum absolute atomic E-state index is 0.0533. The molecule has 0 bridgehead atoms. The van der Waals surface area contributed by atoms with Gasteiger partial charge in [0, 0.05) is 23.8 Å². The smallest absolute Gasteiger partial charge is 0.414 e. The number of likely N-dealkylation sites (tertiary alicyclic amines) is 1. The highest BCUT2D eigenvalue weighted by atomic mass is 16.6. The summed E-state index contributed by atoms with van der Waals surface area (Å²) in [6, 6.07) is 13.5. The minimum atomic E-state index is -0.338. The quantitative estimate of drug-likeness (QED) is 0.645. The first kappa shape index (κ1) is 22.0. The number of ether oxygens (including phenoxy) is 3. The van der Waals surface area contributed by atoms with E-state index in [1.807, 2.05) is 41.3 Å². The topological polar surface area (TPSA) is 68.3 Å². The molecular weight excluding hydrogens is 408 g/mol. The molecule has 0 aromatic heterocycles. The van der Waals surface area contributed by atoms with E-state index in [2.05, 4.69) is 6.07 Å². The van der Waals surface area contributed by atoms with Gasteiger partial charge in [0.25, 0.3) is 5.91 Å². The van der Waals surface area contributed by atoms with Gasteiger partial charge in [-0.25, -0.2) is 4.79 Å². The van der Waals surface area contributed by atoms with Crippen molar-refractivity contribution < 1.29 is 23.8 Å². The summed E-state index contributed by atoms with van der Waals surface area (Å²) in [5.41, 5.74) is 2.58. The zero-order valence-corrected chi connectivity index (χ0v) is 18.7. The summed E-state index contributed by atoms with van der Waals surface area (Å²) in [4.78, 5) is 28.7. The van der Waals surface area contributed by atoms with Crippen LogP contribution in [0.25, 0.3) is 0 Å². The van der Waals surface area contributed by atoms with E-state index in [9.17, 15) is 9.59 Å². The SMILES string of the molecule is COc1ccc(CCC2CCCCN2C(=O)c2ccc(N3CCOC3=O)cc2)cc1OC. The Bertz CT molecular complexity index is 959. The Balaban J connectivity index is 1.42. The van der Waals surface area contributed by atoms with Crippen LogP contribution in [0.3, 0.4) is 0 Å². The maximum absolute atomic E-state index is 13.3. The van der Waals surface area contributed by atoms with Crippen molar-refractivity contribution in [2.24, 2.45) is 0 Å². The first-order valence-corrected chi connectivity index (χ1v) is 11.2. The molecule has 7 nitrogen and oxygen atoms in total. The van der Waals surface area contributed by atoms with Crippen molar-refractivity contribution >= 4 is 17.7 Å². The number of aryl methyl sites for hydroxylation is 1. The highest BCUT2D eigenvalue weighted by Gasteiger charge is 2.28. The lowest BCUT2D eigenvalue weighted by atomic mass is 9.95. The van der Waals surface area contributed by atoms with Crippen LogP contribution < -0.4 is 14.4 Å². The minimum Gasteiger partial charge on any atom is -0.493 e. The fourth-order valence-corrected chi connectivity index (χ4v) is 4.52. The first-order valence-electron chi connectivity index (χ1n) is 11.2. The second-order valence-corrected chi connectivity index (χ2v) is 8.19. The molecular formula is C25H30N2O5. The molecule has 2 amide bonds. The average Bonchev–Trinajstić information content (AvgIpc) is 3.28. The molecule has 2 aliphatic rings. The van der Waals surface area contributed by atoms with Crippen LogP contribution in [0.15, 0.2) is 42.5 Å². The van der Waals surface area contributed by atoms with Crippen LogP contribution in [0.2, 0.25) is 0 Å². The molecule has 1 unspecified atom stereocenters. The molecule has 0 N–H and O–H groups in total. The standard InChI is InChI=1S/C25H30N2O5/c1-30-22-13-7-18(17-23(22)31-2)6-10-20-5-3-4-14-26(20)24(28)19-8-11-21(12-9-19)27-15-16-32-25(27)29/h7-9,11-13,17,20H,3-6,10,14-16H2,1-2H3. The van der Waals surface area contributed by atoms with Crippen molar-refractivity contribution in [3.63, 3.8) is 0 Å². The molecule has 0 radical (unpaired) electrons. The Labute approximate surface area is 188 Å². The number of amides is 2. The summed E-state index contributed by atoms with van der Waals surface area (Å²) in [5.74, 6) is 1.50. The van der Waals surface area contributed by atoms with Gasteiger partial charge in [0.05, 0.1) is 20.8 Å². The van der Waals surface area contributed by atoms with Gasteiger partial charge in [-0.2, -0.15) is 0 Å². The van der Waals surface area contributed by atoms with Gasteiger partial charge in [-0.1, -0.05) is 6.07 Å². The number of hydrogen-bond donors (Lipinski definition) is 0. The molecule has 2 aromatic carbocycles. The van der Waals surface area contributed by atoms with Crippen LogP contribution in [0.5, 0.6) is 11.5 Å². The van der Waals surface area contributed by atoms with Crippen molar-refractivity contribution in [2.75, 3.05) is 38.8 Å². The fourth-order valence-electron chi connectivity index (χ4n) is 4.52. The maximum Gasteiger partial charge on any atom is 0.414 e. The number of methoxy groups -OCH3 is 2. The Morgan fingerprint density at radius 2 is 1.81 bits per heavy atom. The molecule has 2 fully saturated rings. The van der Waals surface area contributed by atoms with E-state index in [0.29, 0.717) is 18.7 Å². The molecule has 7 heteroatoms. The van der Waals surface area contributed by atoms with E-state index in [-0.39, 0.29) is 18.0 Å². The third-order valence-electron chi connectivity index (χ3n) is 6.29. The lowest BCUT2D eigenvalue weighted by molar-refractivity contribution is 0.0602. The summed E-state index contributed by atoms with van der Waals surface area (Å²) in [7, 11) is 3.27. The predicted molar refractivity (Wildman–Crippen MR) is 122 cm³/mol. The van der Waals surface area contributed by atoms with Crippen LogP contribution >= 0.6 is 0 Å².